The molecule has 3 nitrogen and oxygen atoms in total. The number of carbonyl (C=O) groups is 1. The van der Waals surface area contributed by atoms with Gasteiger partial charge in [0.1, 0.15) is 4.88 Å². The van der Waals surface area contributed by atoms with Crippen molar-refractivity contribution in [2.75, 3.05) is 12.8 Å². The fraction of sp³-hybridized carbons (Fsp3) is 0.167. The Labute approximate surface area is 78.9 Å². The molecule has 0 fully saturated rings. The number of nitrogen functional groups attached to an aromatic ring is 1. The van der Waals surface area contributed by atoms with Crippen LogP contribution in [0.3, 0.4) is 0 Å². The summed E-state index contributed by atoms with van der Waals surface area (Å²) in [5.41, 5.74) is 5.98. The molecule has 1 rings (SSSR count). The molecule has 0 aliphatic rings. The van der Waals surface area contributed by atoms with Gasteiger partial charge in [-0.25, -0.2) is 4.79 Å². The number of rotatable bonds is 1. The summed E-state index contributed by atoms with van der Waals surface area (Å²) in [6.45, 7) is 0. The Balaban J connectivity index is 0.000001000. The second-order valence-electron chi connectivity index (χ2n) is 1.74. The van der Waals surface area contributed by atoms with E-state index in [9.17, 15) is 4.79 Å². The average Bonchev–Trinajstić information content (AvgIpc) is 2.34. The van der Waals surface area contributed by atoms with Crippen LogP contribution in [0.2, 0.25) is 0 Å². The smallest absolute Gasteiger partial charge is 0.348 e. The molecule has 1 heterocycles. The third-order valence-corrected chi connectivity index (χ3v) is 1.93. The number of nitrogens with two attached hydrogens (primary N) is 1. The van der Waals surface area contributed by atoms with Crippen molar-refractivity contribution in [2.24, 2.45) is 0 Å². The van der Waals surface area contributed by atoms with Crippen molar-refractivity contribution >= 4 is 40.0 Å². The van der Waals surface area contributed by atoms with E-state index in [1.165, 1.54) is 18.4 Å². The van der Waals surface area contributed by atoms with Gasteiger partial charge in [-0.1, -0.05) is 0 Å². The SMILES string of the molecule is Br.COC(=O)c1cc(N)cs1. The Morgan fingerprint density at radius 2 is 2.36 bits per heavy atom. The molecule has 0 saturated carbocycles. The predicted octanol–water partition coefficient (Wildman–Crippen LogP) is 1.69. The first-order valence-corrected chi connectivity index (χ1v) is 3.54. The molecule has 0 aromatic carbocycles. The van der Waals surface area contributed by atoms with Crippen LogP contribution in [0, 0.1) is 0 Å². The van der Waals surface area contributed by atoms with Crippen molar-refractivity contribution in [3.05, 3.63) is 16.3 Å². The number of methoxy groups -OCH3 is 1. The van der Waals surface area contributed by atoms with E-state index < -0.39 is 0 Å². The van der Waals surface area contributed by atoms with Crippen molar-refractivity contribution in [1.29, 1.82) is 0 Å². The number of hydrogen-bond acceptors (Lipinski definition) is 4. The van der Waals surface area contributed by atoms with Gasteiger partial charge in [-0.05, 0) is 6.07 Å². The van der Waals surface area contributed by atoms with Gasteiger partial charge in [0.2, 0.25) is 0 Å². The molecule has 11 heavy (non-hydrogen) atoms. The molecule has 0 aliphatic heterocycles. The molecule has 0 bridgehead atoms. The maximum atomic E-state index is 10.8. The summed E-state index contributed by atoms with van der Waals surface area (Å²) in [6.07, 6.45) is 0. The van der Waals surface area contributed by atoms with Crippen molar-refractivity contribution in [3.63, 3.8) is 0 Å². The monoisotopic (exact) mass is 237 g/mol. The van der Waals surface area contributed by atoms with Gasteiger partial charge in [0.25, 0.3) is 0 Å². The maximum absolute atomic E-state index is 10.8. The number of esters is 1. The Hall–Kier alpha value is -0.550. The minimum absolute atomic E-state index is 0. The molecule has 2 N–H and O–H groups in total. The van der Waals surface area contributed by atoms with Gasteiger partial charge in [-0.3, -0.25) is 0 Å². The van der Waals surface area contributed by atoms with Crippen molar-refractivity contribution < 1.29 is 9.53 Å². The maximum Gasteiger partial charge on any atom is 0.348 e. The summed E-state index contributed by atoms with van der Waals surface area (Å²) in [5.74, 6) is -0.332. The quantitative estimate of drug-likeness (QED) is 0.757. The van der Waals surface area contributed by atoms with Crippen LogP contribution in [-0.4, -0.2) is 13.1 Å². The third kappa shape index (κ3) is 2.51. The molecule has 0 radical (unpaired) electrons. The number of halogens is 1. The standard InChI is InChI=1S/C6H7NO2S.BrH/c1-9-6(8)5-2-4(7)3-10-5;/h2-3H,7H2,1H3;1H. The van der Waals surface area contributed by atoms with E-state index in [0.717, 1.165) is 0 Å². The molecule has 5 heteroatoms. The van der Waals surface area contributed by atoms with Crippen LogP contribution in [0.1, 0.15) is 9.67 Å². The second-order valence-corrected chi connectivity index (χ2v) is 2.65. The van der Waals surface area contributed by atoms with E-state index in [-0.39, 0.29) is 23.0 Å². The van der Waals surface area contributed by atoms with Crippen LogP contribution in [-0.2, 0) is 4.74 Å². The highest BCUT2D eigenvalue weighted by molar-refractivity contribution is 8.93. The Bertz CT molecular complexity index is 248. The lowest BCUT2D eigenvalue weighted by molar-refractivity contribution is 0.0606. The first-order valence-electron chi connectivity index (χ1n) is 2.66. The summed E-state index contributed by atoms with van der Waals surface area (Å²) in [7, 11) is 1.35. The molecular weight excluding hydrogens is 230 g/mol. The highest BCUT2D eigenvalue weighted by Crippen LogP contribution is 2.16. The van der Waals surface area contributed by atoms with Gasteiger partial charge >= 0.3 is 5.97 Å². The lowest BCUT2D eigenvalue weighted by Crippen LogP contribution is -1.97. The average molecular weight is 238 g/mol. The highest BCUT2D eigenvalue weighted by atomic mass is 79.9. The van der Waals surface area contributed by atoms with Gasteiger partial charge in [-0.15, -0.1) is 28.3 Å². The topological polar surface area (TPSA) is 52.3 Å². The summed E-state index contributed by atoms with van der Waals surface area (Å²) < 4.78 is 4.47. The van der Waals surface area contributed by atoms with Crippen LogP contribution in [0.4, 0.5) is 5.69 Å². The fourth-order valence-corrected chi connectivity index (χ4v) is 1.27. The Morgan fingerprint density at radius 3 is 2.73 bits per heavy atom. The van der Waals surface area contributed by atoms with Crippen LogP contribution >= 0.6 is 28.3 Å². The van der Waals surface area contributed by atoms with Crippen LogP contribution in [0.25, 0.3) is 0 Å². The van der Waals surface area contributed by atoms with E-state index in [1.807, 2.05) is 0 Å². The summed E-state index contributed by atoms with van der Waals surface area (Å²) >= 11 is 1.28. The molecule has 0 unspecified atom stereocenters. The van der Waals surface area contributed by atoms with Gasteiger partial charge in [0.15, 0.2) is 0 Å². The first kappa shape index (κ1) is 10.4. The third-order valence-electron chi connectivity index (χ3n) is 1.01. The predicted molar refractivity (Wildman–Crippen MR) is 50.4 cm³/mol. The van der Waals surface area contributed by atoms with E-state index in [2.05, 4.69) is 4.74 Å². The molecule has 62 valence electrons. The fourth-order valence-electron chi connectivity index (χ4n) is 0.559. The van der Waals surface area contributed by atoms with Gasteiger partial charge in [0, 0.05) is 11.1 Å². The van der Waals surface area contributed by atoms with Crippen LogP contribution in [0.15, 0.2) is 11.4 Å². The molecule has 1 aromatic heterocycles. The molecule has 0 atom stereocenters. The van der Waals surface area contributed by atoms with Gasteiger partial charge in [-0.2, -0.15) is 0 Å². The minimum atomic E-state index is -0.332. The highest BCUT2D eigenvalue weighted by Gasteiger charge is 2.06. The minimum Gasteiger partial charge on any atom is -0.465 e. The zero-order chi connectivity index (χ0) is 7.56. The number of ether oxygens (including phenoxy) is 1. The Kier molecular flexibility index (Phi) is 4.14. The summed E-state index contributed by atoms with van der Waals surface area (Å²) in [4.78, 5) is 11.3. The molecule has 1 aromatic rings. The van der Waals surface area contributed by atoms with E-state index in [1.54, 1.807) is 11.4 Å². The second kappa shape index (κ2) is 4.35. The van der Waals surface area contributed by atoms with Crippen molar-refractivity contribution in [3.8, 4) is 0 Å². The van der Waals surface area contributed by atoms with E-state index in [4.69, 9.17) is 5.73 Å². The zero-order valence-corrected chi connectivity index (χ0v) is 8.39. The van der Waals surface area contributed by atoms with Crippen molar-refractivity contribution in [2.45, 2.75) is 0 Å². The molecule has 0 amide bonds. The van der Waals surface area contributed by atoms with Crippen molar-refractivity contribution in [1.82, 2.24) is 0 Å². The number of thiophene rings is 1. The van der Waals surface area contributed by atoms with Gasteiger partial charge < -0.3 is 10.5 Å². The lowest BCUT2D eigenvalue weighted by atomic mass is 10.4. The summed E-state index contributed by atoms with van der Waals surface area (Å²) in [6, 6.07) is 1.59. The zero-order valence-electron chi connectivity index (χ0n) is 5.87. The van der Waals surface area contributed by atoms with Crippen LogP contribution in [0.5, 0.6) is 0 Å². The first-order chi connectivity index (χ1) is 4.74. The molecule has 0 saturated heterocycles. The summed E-state index contributed by atoms with van der Waals surface area (Å²) in [5, 5.41) is 1.70. The molecule has 0 aliphatic carbocycles. The van der Waals surface area contributed by atoms with Gasteiger partial charge in [0.05, 0.1) is 7.11 Å². The largest absolute Gasteiger partial charge is 0.465 e. The lowest BCUT2D eigenvalue weighted by Gasteiger charge is -1.90. The molecular formula is C6H8BrNO2S. The number of hydrogen-bond donors (Lipinski definition) is 1. The van der Waals surface area contributed by atoms with E-state index in [0.29, 0.717) is 10.6 Å². The molecule has 0 spiro atoms. The normalized spacial score (nSPS) is 8.45. The van der Waals surface area contributed by atoms with Crippen LogP contribution < -0.4 is 5.73 Å². The van der Waals surface area contributed by atoms with E-state index >= 15 is 0 Å². The Morgan fingerprint density at radius 1 is 1.73 bits per heavy atom. The number of carbonyl (C=O) groups excluding carboxylic acids is 1. The number of anilines is 1.